The second kappa shape index (κ2) is 41.0. The number of aliphatic hydroxyl groups excluding tert-OH is 10. The van der Waals surface area contributed by atoms with Gasteiger partial charge in [-0.05, 0) is 6.92 Å². The Balaban J connectivity index is -0.0000000750. The molecule has 0 saturated carbocycles. The van der Waals surface area contributed by atoms with Gasteiger partial charge in [-0.1, -0.05) is 41.2 Å². The van der Waals surface area contributed by atoms with Crippen LogP contribution in [0, 0.1) is 29.6 Å². The zero-order valence-corrected chi connectivity index (χ0v) is 23.0. The van der Waals surface area contributed by atoms with E-state index in [1.54, 1.807) is 34.6 Å². The Morgan fingerprint density at radius 2 is 0.556 bits per heavy atom. The van der Waals surface area contributed by atoms with Crippen LogP contribution in [0.5, 0.6) is 0 Å². The van der Waals surface area contributed by atoms with E-state index in [1.165, 1.54) is 6.92 Å². The average Bonchev–Trinajstić information content (AvgIpc) is 2.91. The van der Waals surface area contributed by atoms with Crippen molar-refractivity contribution in [3.63, 3.8) is 0 Å². The highest BCUT2D eigenvalue weighted by molar-refractivity contribution is 5.84. The van der Waals surface area contributed by atoms with Crippen LogP contribution in [0.3, 0.4) is 0 Å². The van der Waals surface area contributed by atoms with Gasteiger partial charge in [0.05, 0.1) is 0 Å². The van der Waals surface area contributed by atoms with Crippen molar-refractivity contribution in [3.8, 4) is 0 Å². The summed E-state index contributed by atoms with van der Waals surface area (Å²) in [4.78, 5) is 9.60. The molecule has 36 heavy (non-hydrogen) atoms. The molecule has 0 spiro atoms. The largest absolute Gasteiger partial charge is 0.478 e. The Hall–Kier alpha value is -1.19. The van der Waals surface area contributed by atoms with E-state index in [-0.39, 0.29) is 101 Å². The van der Waals surface area contributed by atoms with E-state index in [0.717, 1.165) is 0 Å². The van der Waals surface area contributed by atoms with Crippen LogP contribution in [0.2, 0.25) is 0 Å². The first-order chi connectivity index (χ1) is 16.7. The van der Waals surface area contributed by atoms with Gasteiger partial charge >= 0.3 is 5.97 Å². The molecule has 0 unspecified atom stereocenters. The second-order valence-corrected chi connectivity index (χ2v) is 8.44. The highest BCUT2D eigenvalue weighted by Crippen LogP contribution is 1.87. The highest BCUT2D eigenvalue weighted by Gasteiger charge is 1.94. The molecule has 11 N–H and O–H groups in total. The van der Waals surface area contributed by atoms with Crippen LogP contribution in [-0.4, -0.2) is 128 Å². The lowest BCUT2D eigenvalue weighted by Gasteiger charge is -1.97. The minimum atomic E-state index is -0.935. The number of hydrogen-bond donors (Lipinski definition) is 11. The molecule has 0 fully saturated rings. The molecule has 0 saturated heterocycles. The standard InChI is InChI=1S/5C4H10O2.C4H6O2/c5*1-4(2-5)3-6;1-3(2)4(5)6/h5*4-6H,2-3H2,1H3;1H2,2H3,(H,5,6). The minimum absolute atomic E-state index is 0.0463. The third-order valence-electron chi connectivity index (χ3n) is 3.48. The topological polar surface area (TPSA) is 240 Å². The molecule has 224 valence electrons. The van der Waals surface area contributed by atoms with Gasteiger partial charge in [-0.15, -0.1) is 0 Å². The third kappa shape index (κ3) is 63.8. The van der Waals surface area contributed by atoms with E-state index < -0.39 is 5.97 Å². The first-order valence-electron chi connectivity index (χ1n) is 11.7. The van der Waals surface area contributed by atoms with Crippen LogP contribution in [-0.2, 0) is 4.79 Å². The van der Waals surface area contributed by atoms with Crippen LogP contribution >= 0.6 is 0 Å². The van der Waals surface area contributed by atoms with Crippen molar-refractivity contribution in [3.05, 3.63) is 12.2 Å². The van der Waals surface area contributed by atoms with Crippen LogP contribution < -0.4 is 0 Å². The number of carboxylic acids is 1. The Kier molecular flexibility index (Phi) is 54.5. The van der Waals surface area contributed by atoms with Gasteiger partial charge in [-0.25, -0.2) is 4.79 Å². The summed E-state index contributed by atoms with van der Waals surface area (Å²) in [6, 6.07) is 0. The van der Waals surface area contributed by atoms with Crippen molar-refractivity contribution >= 4 is 5.97 Å². The smallest absolute Gasteiger partial charge is 0.330 e. The molecule has 0 heterocycles. The molecule has 0 aliphatic rings. The third-order valence-corrected chi connectivity index (χ3v) is 3.48. The maximum atomic E-state index is 9.60. The molecule has 0 aliphatic heterocycles. The van der Waals surface area contributed by atoms with Gasteiger partial charge in [-0.2, -0.15) is 0 Å². The van der Waals surface area contributed by atoms with Crippen molar-refractivity contribution in [2.75, 3.05) is 66.1 Å². The second-order valence-electron chi connectivity index (χ2n) is 8.44. The molecule has 0 bridgehead atoms. The number of rotatable bonds is 11. The van der Waals surface area contributed by atoms with Gasteiger partial charge < -0.3 is 56.2 Å². The molecule has 0 aliphatic carbocycles. The summed E-state index contributed by atoms with van der Waals surface area (Å²) in [6.45, 7) is 14.3. The number of aliphatic carboxylic acids is 1. The van der Waals surface area contributed by atoms with E-state index in [1.807, 2.05) is 0 Å². The first kappa shape index (κ1) is 47.9. The van der Waals surface area contributed by atoms with E-state index in [0.29, 0.717) is 0 Å². The summed E-state index contributed by atoms with van der Waals surface area (Å²) >= 11 is 0. The van der Waals surface area contributed by atoms with E-state index in [2.05, 4.69) is 6.58 Å². The predicted molar refractivity (Wildman–Crippen MR) is 139 cm³/mol. The number of aliphatic hydroxyl groups is 10. The van der Waals surface area contributed by atoms with Crippen molar-refractivity contribution in [1.29, 1.82) is 0 Å². The van der Waals surface area contributed by atoms with Crippen LogP contribution in [0.4, 0.5) is 0 Å². The molecule has 12 nitrogen and oxygen atoms in total. The van der Waals surface area contributed by atoms with Gasteiger partial charge in [-0.3, -0.25) is 0 Å². The number of hydrogen-bond acceptors (Lipinski definition) is 11. The Labute approximate surface area is 216 Å². The lowest BCUT2D eigenvalue weighted by Crippen LogP contribution is -2.04. The van der Waals surface area contributed by atoms with Crippen LogP contribution in [0.1, 0.15) is 41.5 Å². The van der Waals surface area contributed by atoms with Gasteiger partial charge in [0.2, 0.25) is 0 Å². The van der Waals surface area contributed by atoms with Gasteiger partial charge in [0.1, 0.15) is 0 Å². The van der Waals surface area contributed by atoms with Gasteiger partial charge in [0.25, 0.3) is 0 Å². The minimum Gasteiger partial charge on any atom is -0.478 e. The summed E-state index contributed by atoms with van der Waals surface area (Å²) in [5, 5.41) is 89.6. The summed E-state index contributed by atoms with van der Waals surface area (Å²) in [5.74, 6) is -0.704. The van der Waals surface area contributed by atoms with E-state index in [4.69, 9.17) is 56.2 Å². The van der Waals surface area contributed by atoms with E-state index in [9.17, 15) is 4.79 Å². The summed E-state index contributed by atoms with van der Waals surface area (Å²) < 4.78 is 0. The first-order valence-corrected chi connectivity index (χ1v) is 11.7. The molecule has 0 aromatic heterocycles. The molecule has 0 atom stereocenters. The number of carbonyl (C=O) groups is 1. The Morgan fingerprint density at radius 1 is 0.472 bits per heavy atom. The maximum Gasteiger partial charge on any atom is 0.330 e. The molecular formula is C24H56O12. The summed E-state index contributed by atoms with van der Waals surface area (Å²) in [5.41, 5.74) is 0.176. The Morgan fingerprint density at radius 3 is 0.556 bits per heavy atom. The molecule has 0 amide bonds. The van der Waals surface area contributed by atoms with Gasteiger partial charge in [0, 0.05) is 101 Å². The Bertz CT molecular complexity index is 321. The monoisotopic (exact) mass is 536 g/mol. The molecular weight excluding hydrogens is 480 g/mol. The normalized spacial score (nSPS) is 9.58. The fourth-order valence-corrected chi connectivity index (χ4v) is 0.289. The number of carboxylic acid groups (broad SMARTS) is 1. The van der Waals surface area contributed by atoms with E-state index >= 15 is 0 Å². The average molecular weight is 537 g/mol. The lowest BCUT2D eigenvalue weighted by molar-refractivity contribution is -0.132. The van der Waals surface area contributed by atoms with Crippen molar-refractivity contribution in [2.24, 2.45) is 29.6 Å². The predicted octanol–water partition coefficient (Wildman–Crippen LogP) is -1.32. The fourth-order valence-electron chi connectivity index (χ4n) is 0.289. The molecule has 0 aromatic rings. The van der Waals surface area contributed by atoms with Crippen LogP contribution in [0.15, 0.2) is 12.2 Å². The summed E-state index contributed by atoms with van der Waals surface area (Å²) in [7, 11) is 0. The molecule has 0 rings (SSSR count). The quantitative estimate of drug-likeness (QED) is 0.138. The molecule has 0 radical (unpaired) electrons. The fraction of sp³-hybridized carbons (Fsp3) is 0.875. The van der Waals surface area contributed by atoms with Crippen molar-refractivity contribution in [1.82, 2.24) is 0 Å². The van der Waals surface area contributed by atoms with Gasteiger partial charge in [0.15, 0.2) is 0 Å². The maximum absolute atomic E-state index is 9.60. The molecule has 0 aromatic carbocycles. The van der Waals surface area contributed by atoms with Crippen LogP contribution in [0.25, 0.3) is 0 Å². The summed E-state index contributed by atoms with van der Waals surface area (Å²) in [6.07, 6.45) is 0. The van der Waals surface area contributed by atoms with Crippen molar-refractivity contribution < 1.29 is 61.0 Å². The zero-order chi connectivity index (χ0) is 30.1. The zero-order valence-electron chi connectivity index (χ0n) is 23.0. The highest BCUT2D eigenvalue weighted by atomic mass is 16.4. The van der Waals surface area contributed by atoms with Crippen molar-refractivity contribution in [2.45, 2.75) is 41.5 Å². The SMILES string of the molecule is C=C(C)C(=O)O.CC(CO)CO.CC(CO)CO.CC(CO)CO.CC(CO)CO.CC(CO)CO. The lowest BCUT2D eigenvalue weighted by atomic mass is 10.2. The molecule has 12 heteroatoms.